The molecule has 0 bridgehead atoms. The summed E-state index contributed by atoms with van der Waals surface area (Å²) in [6.07, 6.45) is 7.14. The number of hydrogen-bond donors (Lipinski definition) is 2. The quantitative estimate of drug-likeness (QED) is 0.614. The van der Waals surface area contributed by atoms with Gasteiger partial charge in [-0.15, -0.1) is 9.05 Å². The van der Waals surface area contributed by atoms with Crippen LogP contribution in [0.3, 0.4) is 0 Å². The zero-order valence-electron chi connectivity index (χ0n) is 14.3. The Hall–Kier alpha value is -2.14. The average molecular weight is 373 g/mol. The van der Waals surface area contributed by atoms with Crippen LogP contribution in [0.15, 0.2) is 60.7 Å². The molecular formula is C20H22O5P+. The Labute approximate surface area is 154 Å². The van der Waals surface area contributed by atoms with Gasteiger partial charge in [0.2, 0.25) is 0 Å². The number of aliphatic hydroxyl groups is 2. The second-order valence-electron chi connectivity index (χ2n) is 5.43. The van der Waals surface area contributed by atoms with Gasteiger partial charge in [-0.3, -0.25) is 0 Å². The standard InChI is InChI=1S/C20H22O5P/c21-15-19-7-1-5-17(13-19)9-3-11-24-26(23)25-12-4-10-18-6-2-8-20(14-18)16-22/h1-10,13-14,21-22H,11-12,15-16H2/q+1. The summed E-state index contributed by atoms with van der Waals surface area (Å²) in [6.45, 7) is 0.326. The highest BCUT2D eigenvalue weighted by molar-refractivity contribution is 7.33. The van der Waals surface area contributed by atoms with E-state index in [-0.39, 0.29) is 26.4 Å². The molecule has 0 fully saturated rings. The maximum absolute atomic E-state index is 11.6. The van der Waals surface area contributed by atoms with Crippen LogP contribution < -0.4 is 0 Å². The van der Waals surface area contributed by atoms with Gasteiger partial charge in [0.05, 0.1) is 13.2 Å². The minimum Gasteiger partial charge on any atom is -0.392 e. The van der Waals surface area contributed by atoms with Crippen LogP contribution in [0.1, 0.15) is 22.3 Å². The summed E-state index contributed by atoms with van der Waals surface area (Å²) in [6, 6.07) is 14.9. The third kappa shape index (κ3) is 7.40. The lowest BCUT2D eigenvalue weighted by atomic mass is 10.1. The van der Waals surface area contributed by atoms with Crippen molar-refractivity contribution in [1.82, 2.24) is 0 Å². The molecule has 0 aromatic heterocycles. The summed E-state index contributed by atoms with van der Waals surface area (Å²) in [7, 11) is -2.19. The lowest BCUT2D eigenvalue weighted by Gasteiger charge is -1.97. The Bertz CT molecular complexity index is 707. The predicted molar refractivity (Wildman–Crippen MR) is 102 cm³/mol. The molecular weight excluding hydrogens is 351 g/mol. The first-order chi connectivity index (χ1) is 12.7. The fourth-order valence-corrected chi connectivity index (χ4v) is 2.69. The van der Waals surface area contributed by atoms with Crippen molar-refractivity contribution in [2.24, 2.45) is 0 Å². The van der Waals surface area contributed by atoms with Crippen molar-refractivity contribution >= 4 is 20.4 Å². The van der Waals surface area contributed by atoms with E-state index in [9.17, 15) is 4.57 Å². The molecule has 0 spiro atoms. The van der Waals surface area contributed by atoms with Gasteiger partial charge in [0.15, 0.2) is 0 Å². The molecule has 136 valence electrons. The minimum absolute atomic E-state index is 0.00427. The Kier molecular flexibility index (Phi) is 8.90. The highest BCUT2D eigenvalue weighted by Gasteiger charge is 2.17. The second kappa shape index (κ2) is 11.5. The van der Waals surface area contributed by atoms with Gasteiger partial charge in [0, 0.05) is 4.57 Å². The Morgan fingerprint density at radius 1 is 0.808 bits per heavy atom. The summed E-state index contributed by atoms with van der Waals surface area (Å²) in [5, 5.41) is 18.2. The van der Waals surface area contributed by atoms with E-state index in [0.717, 1.165) is 22.3 Å². The molecule has 0 amide bonds. The number of aliphatic hydroxyl groups excluding tert-OH is 2. The van der Waals surface area contributed by atoms with Gasteiger partial charge >= 0.3 is 8.25 Å². The summed E-state index contributed by atoms with van der Waals surface area (Å²) < 4.78 is 21.8. The monoisotopic (exact) mass is 373 g/mol. The Morgan fingerprint density at radius 2 is 1.27 bits per heavy atom. The van der Waals surface area contributed by atoms with Gasteiger partial charge in [-0.25, -0.2) is 0 Å². The van der Waals surface area contributed by atoms with Gasteiger partial charge < -0.3 is 10.2 Å². The van der Waals surface area contributed by atoms with E-state index >= 15 is 0 Å². The van der Waals surface area contributed by atoms with Crippen LogP contribution in [-0.4, -0.2) is 23.4 Å². The van der Waals surface area contributed by atoms with Crippen molar-refractivity contribution in [3.63, 3.8) is 0 Å². The van der Waals surface area contributed by atoms with Crippen LogP contribution in [0.4, 0.5) is 0 Å². The van der Waals surface area contributed by atoms with Crippen LogP contribution >= 0.6 is 8.25 Å². The first-order valence-corrected chi connectivity index (χ1v) is 9.26. The SMILES string of the molecule is O=[P+](OCC=Cc1cccc(CO)c1)OCC=Cc1cccc(CO)c1. The van der Waals surface area contributed by atoms with Gasteiger partial charge in [0.25, 0.3) is 0 Å². The van der Waals surface area contributed by atoms with Crippen molar-refractivity contribution in [3.05, 3.63) is 82.9 Å². The fourth-order valence-electron chi connectivity index (χ4n) is 2.20. The molecule has 0 aliphatic carbocycles. The second-order valence-corrected chi connectivity index (χ2v) is 6.39. The molecule has 0 saturated heterocycles. The molecule has 2 rings (SSSR count). The van der Waals surface area contributed by atoms with E-state index in [2.05, 4.69) is 0 Å². The van der Waals surface area contributed by atoms with Crippen molar-refractivity contribution in [1.29, 1.82) is 0 Å². The summed E-state index contributed by atoms with van der Waals surface area (Å²) in [5.41, 5.74) is 3.53. The third-order valence-corrected chi connectivity index (χ3v) is 4.16. The topological polar surface area (TPSA) is 76.0 Å². The zero-order valence-corrected chi connectivity index (χ0v) is 15.2. The molecule has 0 aliphatic rings. The largest absolute Gasteiger partial charge is 0.698 e. The van der Waals surface area contributed by atoms with Gasteiger partial charge in [-0.1, -0.05) is 60.7 Å². The van der Waals surface area contributed by atoms with E-state index in [4.69, 9.17) is 19.3 Å². The van der Waals surface area contributed by atoms with Crippen LogP contribution in [0.25, 0.3) is 12.2 Å². The average Bonchev–Trinajstić information content (AvgIpc) is 2.69. The molecule has 6 heteroatoms. The van der Waals surface area contributed by atoms with Crippen LogP contribution in [-0.2, 0) is 26.8 Å². The molecule has 2 aromatic carbocycles. The lowest BCUT2D eigenvalue weighted by molar-refractivity contribution is 0.261. The predicted octanol–water partition coefficient (Wildman–Crippen LogP) is 4.09. The van der Waals surface area contributed by atoms with Crippen LogP contribution in [0, 0.1) is 0 Å². The normalized spacial score (nSPS) is 12.2. The number of hydrogen-bond acceptors (Lipinski definition) is 5. The molecule has 0 saturated carbocycles. The van der Waals surface area contributed by atoms with Gasteiger partial charge in [-0.2, -0.15) is 0 Å². The van der Waals surface area contributed by atoms with Gasteiger partial charge in [0.1, 0.15) is 13.2 Å². The highest BCUT2D eigenvalue weighted by atomic mass is 31.1. The molecule has 0 atom stereocenters. The number of rotatable bonds is 10. The third-order valence-electron chi connectivity index (χ3n) is 3.44. The van der Waals surface area contributed by atoms with E-state index < -0.39 is 8.25 Å². The zero-order chi connectivity index (χ0) is 18.6. The molecule has 0 unspecified atom stereocenters. The van der Waals surface area contributed by atoms with E-state index in [1.165, 1.54) is 0 Å². The minimum atomic E-state index is -2.19. The maximum Gasteiger partial charge on any atom is 0.698 e. The fraction of sp³-hybridized carbons (Fsp3) is 0.200. The summed E-state index contributed by atoms with van der Waals surface area (Å²) in [4.78, 5) is 0. The lowest BCUT2D eigenvalue weighted by Crippen LogP contribution is -1.87. The van der Waals surface area contributed by atoms with Crippen molar-refractivity contribution in [3.8, 4) is 0 Å². The van der Waals surface area contributed by atoms with Crippen molar-refractivity contribution < 1.29 is 23.8 Å². The molecule has 0 aliphatic heterocycles. The van der Waals surface area contributed by atoms with Crippen molar-refractivity contribution in [2.45, 2.75) is 13.2 Å². The molecule has 0 heterocycles. The van der Waals surface area contributed by atoms with Crippen LogP contribution in [0.5, 0.6) is 0 Å². The first-order valence-electron chi connectivity index (χ1n) is 8.17. The van der Waals surface area contributed by atoms with Crippen LogP contribution in [0.2, 0.25) is 0 Å². The smallest absolute Gasteiger partial charge is 0.392 e. The van der Waals surface area contributed by atoms with Gasteiger partial charge in [-0.05, 0) is 34.4 Å². The molecule has 2 aromatic rings. The maximum atomic E-state index is 11.6. The molecule has 5 nitrogen and oxygen atoms in total. The first kappa shape index (κ1) is 20.2. The Morgan fingerprint density at radius 3 is 1.69 bits per heavy atom. The van der Waals surface area contributed by atoms with Crippen molar-refractivity contribution in [2.75, 3.05) is 13.2 Å². The van der Waals surface area contributed by atoms with E-state index in [1.54, 1.807) is 12.2 Å². The summed E-state index contributed by atoms with van der Waals surface area (Å²) >= 11 is 0. The van der Waals surface area contributed by atoms with E-state index in [0.29, 0.717) is 0 Å². The molecule has 26 heavy (non-hydrogen) atoms. The molecule has 0 radical (unpaired) electrons. The highest BCUT2D eigenvalue weighted by Crippen LogP contribution is 2.23. The van der Waals surface area contributed by atoms with E-state index in [1.807, 2.05) is 60.7 Å². The number of benzene rings is 2. The summed E-state index contributed by atoms with van der Waals surface area (Å²) in [5.74, 6) is 0. The Balaban J connectivity index is 1.68. The molecule has 2 N–H and O–H groups in total.